The van der Waals surface area contributed by atoms with Crippen molar-refractivity contribution >= 4 is 57.8 Å². The van der Waals surface area contributed by atoms with Crippen LogP contribution in [-0.4, -0.2) is 179 Å². The summed E-state index contributed by atoms with van der Waals surface area (Å²) in [6, 6.07) is 0. The van der Waals surface area contributed by atoms with E-state index in [1.165, 1.54) is 21.8 Å². The second-order valence-corrected chi connectivity index (χ2v) is 14.4. The maximum Gasteiger partial charge on any atom is 1.00 e. The van der Waals surface area contributed by atoms with Crippen LogP contribution in [0.4, 0.5) is 0 Å². The predicted molar refractivity (Wildman–Crippen MR) is 184 cm³/mol. The number of aromatic hydroxyl groups is 2. The molecule has 0 amide bonds. The van der Waals surface area contributed by atoms with Crippen LogP contribution in [0.2, 0.25) is 0 Å². The number of carbonyl (C=O) groups excluding carboxylic acids is 2. The van der Waals surface area contributed by atoms with Crippen molar-refractivity contribution in [2.75, 3.05) is 37.9 Å². The van der Waals surface area contributed by atoms with E-state index in [-0.39, 0.29) is 106 Å². The minimum Gasteiger partial charge on any atom is -0.547 e. The van der Waals surface area contributed by atoms with E-state index in [2.05, 4.69) is 29.9 Å². The first-order valence-corrected chi connectivity index (χ1v) is 18.7. The zero-order valence-corrected chi connectivity index (χ0v) is 37.0. The maximum absolute atomic E-state index is 11.1. The minimum absolute atomic E-state index is 0. The van der Waals surface area contributed by atoms with Crippen LogP contribution in [0.5, 0.6) is 11.8 Å². The first-order valence-electron chi connectivity index (χ1n) is 16.7. The van der Waals surface area contributed by atoms with Gasteiger partial charge in [0, 0.05) is 24.7 Å². The first kappa shape index (κ1) is 50.3. The molecule has 2 aliphatic heterocycles. The average molecular weight is 877 g/mol. The van der Waals surface area contributed by atoms with Crippen molar-refractivity contribution in [1.29, 1.82) is 0 Å². The fourth-order valence-electron chi connectivity index (χ4n) is 5.89. The number of aromatic nitrogens is 8. The van der Waals surface area contributed by atoms with Gasteiger partial charge in [-0.15, -0.1) is 0 Å². The Morgan fingerprint density at radius 2 is 1.09 bits per heavy atom. The van der Waals surface area contributed by atoms with Crippen molar-refractivity contribution in [3.63, 3.8) is 0 Å². The monoisotopic (exact) mass is 876 g/mol. The Labute approximate surface area is 380 Å². The molecule has 28 heteroatoms. The summed E-state index contributed by atoms with van der Waals surface area (Å²) in [5, 5.41) is 100. The fourth-order valence-corrected chi connectivity index (χ4v) is 8.40. The second kappa shape index (κ2) is 21.6. The number of hydrogen-bond acceptors (Lipinski definition) is 24. The summed E-state index contributed by atoms with van der Waals surface area (Å²) in [7, 11) is 0. The summed E-state index contributed by atoms with van der Waals surface area (Å²) in [5.74, 6) is -3.97. The van der Waals surface area contributed by atoms with Crippen LogP contribution < -0.4 is 69.3 Å². The number of fused-ring (bicyclic) bond motifs is 2. The van der Waals surface area contributed by atoms with Gasteiger partial charge in [-0.05, 0) is 13.8 Å². The molecule has 6 heterocycles. The second-order valence-electron chi connectivity index (χ2n) is 11.9. The molecular weight excluding hydrogens is 838 g/mol. The Bertz CT molecular complexity index is 1850. The number of carboxylic acid groups (broad SMARTS) is 2. The van der Waals surface area contributed by atoms with Crippen molar-refractivity contribution in [3.05, 3.63) is 25.3 Å². The maximum atomic E-state index is 11.1. The van der Waals surface area contributed by atoms with E-state index in [1.807, 2.05) is 0 Å². The third-order valence-corrected chi connectivity index (χ3v) is 11.2. The number of imidazole rings is 2. The molecule has 10 atom stereocenters. The molecule has 2 unspecified atom stereocenters. The Morgan fingerprint density at radius 1 is 0.724 bits per heavy atom. The number of aliphatic hydroxyl groups excluding tert-OH is 6. The Hall–Kier alpha value is -2.06. The molecule has 308 valence electrons. The van der Waals surface area contributed by atoms with E-state index >= 15 is 0 Å². The minimum atomic E-state index is -2.18. The molecule has 0 aromatic carbocycles. The van der Waals surface area contributed by atoms with Gasteiger partial charge in [0.25, 0.3) is 0 Å². The van der Waals surface area contributed by atoms with Crippen molar-refractivity contribution in [1.82, 2.24) is 39.0 Å². The number of thioether (sulfide) groups is 2. The van der Waals surface area contributed by atoms with Gasteiger partial charge in [0.05, 0.1) is 25.2 Å². The van der Waals surface area contributed by atoms with Crippen LogP contribution in [0.1, 0.15) is 13.8 Å². The molecule has 0 radical (unpaired) electrons. The van der Waals surface area contributed by atoms with Gasteiger partial charge < -0.3 is 79.6 Å². The smallest absolute Gasteiger partial charge is 0.547 e. The Balaban J connectivity index is 0.000000300. The zero-order valence-electron chi connectivity index (χ0n) is 31.4. The third-order valence-electron chi connectivity index (χ3n) is 8.56. The Morgan fingerprint density at radius 3 is 1.41 bits per heavy atom. The predicted octanol–water partition coefficient (Wildman–Crippen LogP) is -11.7. The molecule has 4 aromatic heterocycles. The van der Waals surface area contributed by atoms with E-state index in [0.29, 0.717) is 13.2 Å². The summed E-state index contributed by atoms with van der Waals surface area (Å²) < 4.78 is 24.4. The van der Waals surface area contributed by atoms with Gasteiger partial charge in [0.1, 0.15) is 74.1 Å². The normalized spacial score (nSPS) is 27.7. The number of carboxylic acids is 2. The SMILES string of the molecule is CCOCCS[C@@]1(n2cnc3c(O)ncnc32)O[C@H](C(O)C(=O)[O-])[C@@H](O)[C@H]1O.CCOCCS[C@@]1(n2cnc3c(O)ncnc32)O[C@H](C(O)C(=O)[O-])[C@@H](O)[C@H]1O.[Na+].[Na+]. The summed E-state index contributed by atoms with van der Waals surface area (Å²) in [5.41, 5.74) is 0.181. The van der Waals surface area contributed by atoms with Gasteiger partial charge in [0.2, 0.25) is 21.9 Å². The van der Waals surface area contributed by atoms with E-state index in [4.69, 9.17) is 18.9 Å². The quantitative estimate of drug-likeness (QED) is 0.0383. The van der Waals surface area contributed by atoms with Gasteiger partial charge in [0.15, 0.2) is 22.3 Å². The van der Waals surface area contributed by atoms with Crippen LogP contribution in [0.3, 0.4) is 0 Å². The summed E-state index contributed by atoms with van der Waals surface area (Å²) in [6.45, 7) is 5.08. The molecule has 8 N–H and O–H groups in total. The number of nitrogens with zero attached hydrogens (tertiary/aromatic N) is 8. The molecule has 2 saturated heterocycles. The zero-order chi connectivity index (χ0) is 40.9. The molecule has 24 nitrogen and oxygen atoms in total. The standard InChI is InChI=1S/2C15H20N4O8S.2Na/c2*1-2-26-3-4-28-15(11(22)8(20)10(27-15)9(21)14(24)25)19-6-18-7-12(19)16-5-17-13(7)23;;/h2*5-6,8-11,20-22H,2-4H2,1H3,(H,24,25)(H,16,17,23);;/q;;2*+1/p-2/t2*8-,9?,10+,11-,15+;;/m11../s1. The van der Waals surface area contributed by atoms with Crippen LogP contribution in [-0.2, 0) is 38.7 Å². The number of carbonyl (C=O) groups is 2. The fraction of sp³-hybridized carbons (Fsp3) is 0.600. The molecular formula is C30H38N8Na2O16S2. The number of rotatable bonds is 16. The molecule has 58 heavy (non-hydrogen) atoms. The van der Waals surface area contributed by atoms with Crippen LogP contribution >= 0.6 is 23.5 Å². The Kier molecular flexibility index (Phi) is 18.8. The van der Waals surface area contributed by atoms with Gasteiger partial charge in [-0.2, -0.15) is 9.97 Å². The molecule has 2 fully saturated rings. The van der Waals surface area contributed by atoms with Gasteiger partial charge in [-0.3, -0.25) is 9.13 Å². The molecule has 0 saturated carbocycles. The number of aliphatic carboxylic acids is 2. The molecule has 0 spiro atoms. The van der Waals surface area contributed by atoms with Crippen molar-refractivity contribution < 1.29 is 139 Å². The van der Waals surface area contributed by atoms with Crippen molar-refractivity contribution in [3.8, 4) is 11.8 Å². The molecule has 0 bridgehead atoms. The third kappa shape index (κ3) is 9.84. The van der Waals surface area contributed by atoms with E-state index in [0.717, 1.165) is 36.2 Å². The molecule has 4 aromatic rings. The molecule has 6 rings (SSSR count). The van der Waals surface area contributed by atoms with Crippen LogP contribution in [0.25, 0.3) is 22.3 Å². The van der Waals surface area contributed by atoms with Gasteiger partial charge in [-0.1, -0.05) is 23.5 Å². The van der Waals surface area contributed by atoms with Crippen LogP contribution in [0.15, 0.2) is 25.3 Å². The average Bonchev–Trinajstić information content (AvgIpc) is 3.94. The van der Waals surface area contributed by atoms with E-state index in [1.54, 1.807) is 13.8 Å². The number of hydrogen-bond donors (Lipinski definition) is 8. The van der Waals surface area contributed by atoms with Crippen molar-refractivity contribution in [2.45, 2.75) is 72.8 Å². The number of aliphatic hydroxyl groups is 6. The van der Waals surface area contributed by atoms with Crippen LogP contribution in [0, 0.1) is 0 Å². The summed E-state index contributed by atoms with van der Waals surface area (Å²) in [4.78, 5) is 45.4. The molecule has 2 aliphatic rings. The summed E-state index contributed by atoms with van der Waals surface area (Å²) in [6.07, 6.45) is -10.0. The first-order chi connectivity index (χ1) is 26.7. The van der Waals surface area contributed by atoms with E-state index in [9.17, 15) is 60.7 Å². The van der Waals surface area contributed by atoms with Gasteiger partial charge >= 0.3 is 59.1 Å². The largest absolute Gasteiger partial charge is 1.00 e. The van der Waals surface area contributed by atoms with Crippen molar-refractivity contribution in [2.24, 2.45) is 0 Å². The molecule has 0 aliphatic carbocycles. The van der Waals surface area contributed by atoms with Gasteiger partial charge in [-0.25, -0.2) is 19.9 Å². The van der Waals surface area contributed by atoms with E-state index < -0.39 is 82.6 Å². The number of ether oxygens (including phenoxy) is 4. The topological polar surface area (TPSA) is 366 Å². The summed E-state index contributed by atoms with van der Waals surface area (Å²) >= 11 is 1.99.